The number of thiazole rings is 1. The normalized spacial score (nSPS) is 11.2. The van der Waals surface area contributed by atoms with Crippen LogP contribution >= 0.6 is 22.9 Å². The zero-order valence-electron chi connectivity index (χ0n) is 23.4. The van der Waals surface area contributed by atoms with E-state index in [-0.39, 0.29) is 0 Å². The van der Waals surface area contributed by atoms with Gasteiger partial charge in [0.1, 0.15) is 11.0 Å². The monoisotopic (exact) mass is 594 g/mol. The molecule has 0 aliphatic rings. The van der Waals surface area contributed by atoms with Gasteiger partial charge in [-0.05, 0) is 42.3 Å². The van der Waals surface area contributed by atoms with Gasteiger partial charge in [0.2, 0.25) is 0 Å². The summed E-state index contributed by atoms with van der Waals surface area (Å²) in [6.07, 6.45) is 13.1. The quantitative estimate of drug-likeness (QED) is 0.211. The highest BCUT2D eigenvalue weighted by atomic mass is 35.5. The number of halogens is 1. The summed E-state index contributed by atoms with van der Waals surface area (Å²) in [4.78, 5) is 23.5. The van der Waals surface area contributed by atoms with Crippen molar-refractivity contribution in [3.8, 4) is 22.3 Å². The first kappa shape index (κ1) is 27.4. The Balaban J connectivity index is 0.000000162. The molecule has 0 saturated carbocycles. The van der Waals surface area contributed by atoms with Gasteiger partial charge in [-0.2, -0.15) is 10.2 Å². The van der Waals surface area contributed by atoms with Crippen LogP contribution in [0.3, 0.4) is 0 Å². The molecule has 0 bridgehead atoms. The van der Waals surface area contributed by atoms with Crippen LogP contribution in [0.15, 0.2) is 79.8 Å². The molecule has 0 spiro atoms. The number of rotatable bonds is 5. The Morgan fingerprint density at radius 2 is 1.29 bits per heavy atom. The summed E-state index contributed by atoms with van der Waals surface area (Å²) in [6, 6.07) is 11.5. The molecule has 0 aliphatic carbocycles. The first-order chi connectivity index (χ1) is 20.3. The van der Waals surface area contributed by atoms with Gasteiger partial charge in [-0.25, -0.2) is 15.0 Å². The summed E-state index contributed by atoms with van der Waals surface area (Å²) in [5.41, 5.74) is 7.36. The number of nitrogens with zero attached hydrogens (tertiary/aromatic N) is 9. The number of aromatic nitrogens is 9. The number of hydrogen-bond acceptors (Lipinski definition) is 9. The predicted octanol–water partition coefficient (Wildman–Crippen LogP) is 7.04. The Hall–Kier alpha value is -4.74. The van der Waals surface area contributed by atoms with E-state index in [4.69, 9.17) is 11.6 Å². The lowest BCUT2D eigenvalue weighted by Gasteiger charge is -2.05. The Kier molecular flexibility index (Phi) is 7.60. The van der Waals surface area contributed by atoms with Crippen molar-refractivity contribution in [1.29, 1.82) is 0 Å². The maximum Gasteiger partial charge on any atom is 0.188 e. The number of aryl methyl sites for hydroxylation is 2. The van der Waals surface area contributed by atoms with Gasteiger partial charge in [0, 0.05) is 72.2 Å². The molecule has 10 nitrogen and oxygen atoms in total. The van der Waals surface area contributed by atoms with E-state index < -0.39 is 0 Å². The number of nitrogens with one attached hydrogen (secondary N) is 1. The molecule has 210 valence electrons. The zero-order chi connectivity index (χ0) is 29.2. The fraction of sp³-hybridized carbons (Fsp3) is 0.167. The van der Waals surface area contributed by atoms with Crippen molar-refractivity contribution in [1.82, 2.24) is 44.5 Å². The molecule has 0 aliphatic heterocycles. The molecular weight excluding hydrogens is 568 g/mol. The molecule has 0 atom stereocenters. The van der Waals surface area contributed by atoms with Crippen molar-refractivity contribution in [2.75, 3.05) is 5.32 Å². The molecule has 0 amide bonds. The number of anilines is 2. The molecule has 0 saturated heterocycles. The molecule has 0 unspecified atom stereocenters. The molecule has 42 heavy (non-hydrogen) atoms. The van der Waals surface area contributed by atoms with Gasteiger partial charge >= 0.3 is 0 Å². The van der Waals surface area contributed by atoms with Crippen LogP contribution in [0.2, 0.25) is 5.15 Å². The average Bonchev–Trinajstić information content (AvgIpc) is 3.74. The molecule has 7 heterocycles. The lowest BCUT2D eigenvalue weighted by Crippen LogP contribution is -1.94. The van der Waals surface area contributed by atoms with Gasteiger partial charge in [-0.1, -0.05) is 25.4 Å². The number of fused-ring (bicyclic) bond motifs is 2. The minimum absolute atomic E-state index is 0.475. The predicted molar refractivity (Wildman–Crippen MR) is 168 cm³/mol. The molecule has 0 fully saturated rings. The first-order valence-corrected chi connectivity index (χ1v) is 14.4. The van der Waals surface area contributed by atoms with Crippen molar-refractivity contribution >= 4 is 56.0 Å². The van der Waals surface area contributed by atoms with Crippen LogP contribution in [0.1, 0.15) is 24.6 Å². The third-order valence-electron chi connectivity index (χ3n) is 6.44. The molecule has 7 rings (SSSR count). The highest BCUT2D eigenvalue weighted by molar-refractivity contribution is 7.15. The second-order valence-electron chi connectivity index (χ2n) is 10.0. The second kappa shape index (κ2) is 11.6. The van der Waals surface area contributed by atoms with Crippen molar-refractivity contribution in [2.24, 2.45) is 14.1 Å². The molecule has 0 radical (unpaired) electrons. The van der Waals surface area contributed by atoms with Gasteiger partial charge in [0.15, 0.2) is 5.13 Å². The lowest BCUT2D eigenvalue weighted by atomic mass is 10.1. The van der Waals surface area contributed by atoms with E-state index in [1.165, 1.54) is 4.88 Å². The van der Waals surface area contributed by atoms with E-state index in [1.54, 1.807) is 33.0 Å². The molecule has 1 N–H and O–H groups in total. The lowest BCUT2D eigenvalue weighted by molar-refractivity contribution is 0.768. The molecule has 7 aromatic rings. The fourth-order valence-corrected chi connectivity index (χ4v) is 5.21. The van der Waals surface area contributed by atoms with E-state index in [2.05, 4.69) is 54.3 Å². The maximum atomic E-state index is 5.87. The average molecular weight is 595 g/mol. The zero-order valence-corrected chi connectivity index (χ0v) is 25.0. The van der Waals surface area contributed by atoms with Crippen LogP contribution in [-0.2, 0) is 14.1 Å². The maximum absolute atomic E-state index is 5.87. The smallest absolute Gasteiger partial charge is 0.188 e. The Labute approximate surface area is 251 Å². The number of hydrogen-bond donors (Lipinski definition) is 1. The minimum Gasteiger partial charge on any atom is -0.316 e. The SMILES string of the molecule is CC(C)c1cnc(Nc2ccc3ncc(-c4cnn(C)c4)cc3n2)s1.Cn1cc(-c2cnc3ccc(Cl)nc3c2)cn1. The highest BCUT2D eigenvalue weighted by Crippen LogP contribution is 2.28. The van der Waals surface area contributed by atoms with Crippen molar-refractivity contribution in [3.63, 3.8) is 0 Å². The first-order valence-electron chi connectivity index (χ1n) is 13.2. The van der Waals surface area contributed by atoms with E-state index in [0.29, 0.717) is 11.1 Å². The molecule has 12 heteroatoms. The third kappa shape index (κ3) is 6.12. The van der Waals surface area contributed by atoms with E-state index in [9.17, 15) is 0 Å². The molecular formula is C30H27ClN10S. The van der Waals surface area contributed by atoms with Crippen LogP contribution in [-0.4, -0.2) is 44.5 Å². The topological polar surface area (TPSA) is 112 Å². The molecule has 0 aromatic carbocycles. The van der Waals surface area contributed by atoms with Crippen molar-refractivity contribution in [3.05, 3.63) is 89.8 Å². The Bertz CT molecular complexity index is 2010. The van der Waals surface area contributed by atoms with Crippen molar-refractivity contribution < 1.29 is 0 Å². The fourth-order valence-electron chi connectivity index (χ4n) is 4.24. The van der Waals surface area contributed by atoms with E-state index in [0.717, 1.165) is 55.3 Å². The minimum atomic E-state index is 0.475. The highest BCUT2D eigenvalue weighted by Gasteiger charge is 2.09. The number of pyridine rings is 4. The van der Waals surface area contributed by atoms with Gasteiger partial charge in [0.05, 0.1) is 34.5 Å². The second-order valence-corrected chi connectivity index (χ2v) is 11.5. The van der Waals surface area contributed by atoms with E-state index in [1.807, 2.05) is 81.6 Å². The standard InChI is InChI=1S/C18H18N6S.C12H9ClN4/c1-11(2)16-9-20-18(25-16)23-17-5-4-14-15(22-17)6-12(7-19-14)13-8-21-24(3)10-13;1-17-7-9(6-15-17)8-4-11-10(14-5-8)2-3-12(13)16-11/h4-11H,1-3H3,(H,20,22,23);2-7H,1H3. The van der Waals surface area contributed by atoms with Gasteiger partial charge < -0.3 is 5.32 Å². The summed E-state index contributed by atoms with van der Waals surface area (Å²) < 4.78 is 3.53. The van der Waals surface area contributed by atoms with E-state index >= 15 is 0 Å². The summed E-state index contributed by atoms with van der Waals surface area (Å²) >= 11 is 7.52. The van der Waals surface area contributed by atoms with Crippen molar-refractivity contribution in [2.45, 2.75) is 19.8 Å². The summed E-state index contributed by atoms with van der Waals surface area (Å²) in [5.74, 6) is 1.24. The van der Waals surface area contributed by atoms with Gasteiger partial charge in [-0.15, -0.1) is 11.3 Å². The van der Waals surface area contributed by atoms with Crippen LogP contribution in [0.5, 0.6) is 0 Å². The van der Waals surface area contributed by atoms with Crippen LogP contribution in [0.25, 0.3) is 44.3 Å². The van der Waals surface area contributed by atoms with Crippen LogP contribution in [0, 0.1) is 0 Å². The molecule has 7 aromatic heterocycles. The Morgan fingerprint density at radius 3 is 1.83 bits per heavy atom. The summed E-state index contributed by atoms with van der Waals surface area (Å²) in [6.45, 7) is 4.33. The van der Waals surface area contributed by atoms with Gasteiger partial charge in [-0.3, -0.25) is 19.3 Å². The summed E-state index contributed by atoms with van der Waals surface area (Å²) in [5, 5.41) is 13.0. The van der Waals surface area contributed by atoms with Gasteiger partial charge in [0.25, 0.3) is 0 Å². The summed E-state index contributed by atoms with van der Waals surface area (Å²) in [7, 11) is 3.78. The largest absolute Gasteiger partial charge is 0.316 e. The van der Waals surface area contributed by atoms with Crippen LogP contribution in [0.4, 0.5) is 10.9 Å². The third-order valence-corrected chi connectivity index (χ3v) is 7.87. The van der Waals surface area contributed by atoms with Crippen LogP contribution < -0.4 is 5.32 Å². The Morgan fingerprint density at radius 1 is 0.690 bits per heavy atom.